The van der Waals surface area contributed by atoms with E-state index in [0.717, 1.165) is 41.1 Å². The molecule has 1 aliphatic rings. The van der Waals surface area contributed by atoms with Gasteiger partial charge in [-0.2, -0.15) is 0 Å². The molecule has 0 bridgehead atoms. The summed E-state index contributed by atoms with van der Waals surface area (Å²) in [4.78, 5) is 32.6. The Morgan fingerprint density at radius 3 is 2.79 bits per heavy atom. The number of pyridine rings is 2. The van der Waals surface area contributed by atoms with Crippen molar-refractivity contribution in [2.75, 3.05) is 31.2 Å². The molecule has 0 aromatic carbocycles. The molecule has 1 amide bonds. The van der Waals surface area contributed by atoms with Gasteiger partial charge in [-0.15, -0.1) is 0 Å². The lowest BCUT2D eigenvalue weighted by molar-refractivity contribution is 0.0940. The van der Waals surface area contributed by atoms with Crippen LogP contribution in [0.3, 0.4) is 0 Å². The average Bonchev–Trinajstić information content (AvgIpc) is 2.72. The zero-order valence-corrected chi connectivity index (χ0v) is 16.0. The fraction of sp³-hybridized carbons (Fsp3) is 0.350. The summed E-state index contributed by atoms with van der Waals surface area (Å²) in [6, 6.07) is 5.75. The number of hydrogen-bond acceptors (Lipinski definition) is 7. The molecule has 28 heavy (non-hydrogen) atoms. The Morgan fingerprint density at radius 2 is 2.04 bits per heavy atom. The Hall–Kier alpha value is -3.13. The molecule has 0 saturated carbocycles. The van der Waals surface area contributed by atoms with E-state index < -0.39 is 0 Å². The van der Waals surface area contributed by atoms with E-state index in [9.17, 15) is 4.79 Å². The third-order valence-electron chi connectivity index (χ3n) is 4.66. The van der Waals surface area contributed by atoms with Crippen molar-refractivity contribution in [1.29, 1.82) is 0 Å². The van der Waals surface area contributed by atoms with Crippen molar-refractivity contribution >= 4 is 22.8 Å². The number of aryl methyl sites for hydroxylation is 2. The van der Waals surface area contributed by atoms with Gasteiger partial charge >= 0.3 is 0 Å². The first-order valence-corrected chi connectivity index (χ1v) is 9.27. The summed E-state index contributed by atoms with van der Waals surface area (Å²) in [7, 11) is 0. The first kappa shape index (κ1) is 18.2. The molecule has 144 valence electrons. The molecule has 4 heterocycles. The molecule has 0 aliphatic carbocycles. The fourth-order valence-corrected chi connectivity index (χ4v) is 3.33. The number of hydrogen-bond donors (Lipinski definition) is 1. The van der Waals surface area contributed by atoms with Crippen molar-refractivity contribution in [3.8, 4) is 0 Å². The number of amides is 1. The molecule has 3 aromatic heterocycles. The van der Waals surface area contributed by atoms with Gasteiger partial charge in [-0.3, -0.25) is 9.78 Å². The van der Waals surface area contributed by atoms with Gasteiger partial charge in [-0.1, -0.05) is 6.07 Å². The number of anilines is 1. The van der Waals surface area contributed by atoms with Gasteiger partial charge in [-0.05, 0) is 37.1 Å². The third-order valence-corrected chi connectivity index (χ3v) is 4.66. The van der Waals surface area contributed by atoms with Gasteiger partial charge in [0.25, 0.3) is 5.91 Å². The van der Waals surface area contributed by atoms with Crippen LogP contribution in [0.1, 0.15) is 27.4 Å². The normalized spacial score (nSPS) is 14.3. The first-order valence-electron chi connectivity index (χ1n) is 9.27. The van der Waals surface area contributed by atoms with Gasteiger partial charge in [0.15, 0.2) is 5.65 Å². The van der Waals surface area contributed by atoms with Gasteiger partial charge in [0, 0.05) is 37.7 Å². The second kappa shape index (κ2) is 7.85. The molecule has 1 saturated heterocycles. The smallest absolute Gasteiger partial charge is 0.289 e. The fourth-order valence-electron chi connectivity index (χ4n) is 3.33. The summed E-state index contributed by atoms with van der Waals surface area (Å²) in [5.74, 6) is 0.529. The van der Waals surface area contributed by atoms with Gasteiger partial charge in [-0.25, -0.2) is 15.0 Å². The van der Waals surface area contributed by atoms with Crippen LogP contribution in [0.4, 0.5) is 5.82 Å². The van der Waals surface area contributed by atoms with Crippen LogP contribution in [0, 0.1) is 13.8 Å². The van der Waals surface area contributed by atoms with E-state index in [1.54, 1.807) is 12.4 Å². The second-order valence-electron chi connectivity index (χ2n) is 6.79. The molecule has 8 heteroatoms. The minimum absolute atomic E-state index is 0.121. The molecular formula is C20H22N6O2. The molecule has 0 radical (unpaired) electrons. The summed E-state index contributed by atoms with van der Waals surface area (Å²) in [5.41, 5.74) is 3.36. The molecule has 0 atom stereocenters. The monoisotopic (exact) mass is 378 g/mol. The molecule has 8 nitrogen and oxygen atoms in total. The Morgan fingerprint density at radius 1 is 1.21 bits per heavy atom. The highest BCUT2D eigenvalue weighted by atomic mass is 16.5. The van der Waals surface area contributed by atoms with Crippen molar-refractivity contribution in [2.45, 2.75) is 20.4 Å². The van der Waals surface area contributed by atoms with Crippen LogP contribution in [0.25, 0.3) is 11.0 Å². The maximum absolute atomic E-state index is 12.7. The highest BCUT2D eigenvalue weighted by Gasteiger charge is 2.22. The predicted octanol–water partition coefficient (Wildman–Crippen LogP) is 1.80. The zero-order valence-electron chi connectivity index (χ0n) is 16.0. The highest BCUT2D eigenvalue weighted by Crippen LogP contribution is 2.27. The summed E-state index contributed by atoms with van der Waals surface area (Å²) in [5, 5.41) is 3.75. The van der Waals surface area contributed by atoms with E-state index >= 15 is 0 Å². The van der Waals surface area contributed by atoms with Gasteiger partial charge in [0.2, 0.25) is 5.82 Å². The molecule has 3 aromatic rings. The Bertz CT molecular complexity index is 1000. The number of nitrogens with zero attached hydrogens (tertiary/aromatic N) is 5. The summed E-state index contributed by atoms with van der Waals surface area (Å²) >= 11 is 0. The van der Waals surface area contributed by atoms with Crippen molar-refractivity contribution < 1.29 is 9.53 Å². The van der Waals surface area contributed by atoms with Crippen LogP contribution in [0.15, 0.2) is 30.6 Å². The maximum Gasteiger partial charge on any atom is 0.289 e. The number of carbonyl (C=O) groups excluding carboxylic acids is 1. The third kappa shape index (κ3) is 3.77. The van der Waals surface area contributed by atoms with Crippen LogP contribution in [0.2, 0.25) is 0 Å². The molecule has 0 unspecified atom stereocenters. The van der Waals surface area contributed by atoms with Gasteiger partial charge in [0.05, 0.1) is 18.6 Å². The van der Waals surface area contributed by atoms with E-state index in [1.807, 2.05) is 32.0 Å². The Labute approximate surface area is 163 Å². The zero-order chi connectivity index (χ0) is 19.5. The highest BCUT2D eigenvalue weighted by molar-refractivity contribution is 5.96. The molecule has 1 aliphatic heterocycles. The van der Waals surface area contributed by atoms with E-state index in [2.05, 4.69) is 30.2 Å². The standard InChI is InChI=1S/C20H22N6O2/c1-13-10-14(2)23-17-16(13)19(26-6-8-28-9-7-26)25-18(24-17)20(27)22-12-15-4-3-5-21-11-15/h3-5,10-11H,6-9,12H2,1-2H3,(H,22,27). The summed E-state index contributed by atoms with van der Waals surface area (Å²) in [6.45, 7) is 7.00. The molecule has 1 N–H and O–H groups in total. The minimum Gasteiger partial charge on any atom is -0.378 e. The Kier molecular flexibility index (Phi) is 5.12. The maximum atomic E-state index is 12.7. The molecule has 4 rings (SSSR count). The average molecular weight is 378 g/mol. The van der Waals surface area contributed by atoms with Crippen molar-refractivity contribution in [3.05, 3.63) is 53.2 Å². The first-order chi connectivity index (χ1) is 13.6. The Balaban J connectivity index is 1.70. The van der Waals surface area contributed by atoms with E-state index in [-0.39, 0.29) is 11.7 Å². The number of ether oxygens (including phenoxy) is 1. The number of fused-ring (bicyclic) bond motifs is 1. The van der Waals surface area contributed by atoms with Crippen molar-refractivity contribution in [2.24, 2.45) is 0 Å². The number of aromatic nitrogens is 4. The predicted molar refractivity (Wildman–Crippen MR) is 105 cm³/mol. The van der Waals surface area contributed by atoms with E-state index in [4.69, 9.17) is 4.74 Å². The van der Waals surface area contributed by atoms with Crippen molar-refractivity contribution in [1.82, 2.24) is 25.3 Å². The number of nitrogens with one attached hydrogen (secondary N) is 1. The lowest BCUT2D eigenvalue weighted by Crippen LogP contribution is -2.37. The summed E-state index contributed by atoms with van der Waals surface area (Å²) in [6.07, 6.45) is 3.41. The molecular weight excluding hydrogens is 356 g/mol. The SMILES string of the molecule is Cc1cc(C)c2c(N3CCOCC3)nc(C(=O)NCc3cccnc3)nc2n1. The van der Waals surface area contributed by atoms with Crippen molar-refractivity contribution in [3.63, 3.8) is 0 Å². The molecule has 1 fully saturated rings. The van der Waals surface area contributed by atoms with Crippen LogP contribution in [-0.4, -0.2) is 52.1 Å². The lowest BCUT2D eigenvalue weighted by Gasteiger charge is -2.29. The van der Waals surface area contributed by atoms with E-state index in [1.165, 1.54) is 0 Å². The second-order valence-corrected chi connectivity index (χ2v) is 6.79. The number of morpholine rings is 1. The molecule has 0 spiro atoms. The quantitative estimate of drug-likeness (QED) is 0.740. The van der Waals surface area contributed by atoms with Gasteiger partial charge in [0.1, 0.15) is 5.82 Å². The summed E-state index contributed by atoms with van der Waals surface area (Å²) < 4.78 is 5.46. The topological polar surface area (TPSA) is 93.1 Å². The van der Waals surface area contributed by atoms with Crippen LogP contribution >= 0.6 is 0 Å². The number of carbonyl (C=O) groups is 1. The largest absolute Gasteiger partial charge is 0.378 e. The minimum atomic E-state index is -0.332. The van der Waals surface area contributed by atoms with Crippen LogP contribution in [0.5, 0.6) is 0 Å². The lowest BCUT2D eigenvalue weighted by atomic mass is 10.1. The van der Waals surface area contributed by atoms with Crippen LogP contribution in [-0.2, 0) is 11.3 Å². The van der Waals surface area contributed by atoms with Crippen LogP contribution < -0.4 is 10.2 Å². The number of rotatable bonds is 4. The van der Waals surface area contributed by atoms with E-state index in [0.29, 0.717) is 25.4 Å². The van der Waals surface area contributed by atoms with Gasteiger partial charge < -0.3 is 15.0 Å².